The molecule has 1 aromatic carbocycles. The van der Waals surface area contributed by atoms with E-state index in [9.17, 15) is 14.7 Å². The van der Waals surface area contributed by atoms with E-state index in [0.717, 1.165) is 16.7 Å². The van der Waals surface area contributed by atoms with Gasteiger partial charge in [0.05, 0.1) is 18.3 Å². The van der Waals surface area contributed by atoms with E-state index in [2.05, 4.69) is 10.4 Å². The number of aromatic nitrogens is 2. The van der Waals surface area contributed by atoms with Crippen LogP contribution < -0.4 is 5.32 Å². The van der Waals surface area contributed by atoms with E-state index in [1.54, 1.807) is 13.8 Å². The number of hydrogen-bond donors (Lipinski definition) is 2. The van der Waals surface area contributed by atoms with Crippen molar-refractivity contribution in [1.82, 2.24) is 9.78 Å². The Balaban J connectivity index is 2.08. The second-order valence-corrected chi connectivity index (χ2v) is 6.19. The van der Waals surface area contributed by atoms with Crippen molar-refractivity contribution in [2.45, 2.75) is 39.7 Å². The molecule has 1 aromatic heterocycles. The van der Waals surface area contributed by atoms with E-state index in [-0.39, 0.29) is 12.3 Å². The Bertz CT molecular complexity index is 747. The van der Waals surface area contributed by atoms with E-state index < -0.39 is 11.5 Å². The topological polar surface area (TPSA) is 84.2 Å². The lowest BCUT2D eigenvalue weighted by molar-refractivity contribution is -0.146. The number of aryl methyl sites for hydroxylation is 2. The zero-order valence-corrected chi connectivity index (χ0v) is 13.8. The Hall–Kier alpha value is -2.63. The van der Waals surface area contributed by atoms with E-state index >= 15 is 0 Å². The van der Waals surface area contributed by atoms with E-state index in [1.807, 2.05) is 32.0 Å². The van der Waals surface area contributed by atoms with Crippen molar-refractivity contribution in [2.24, 2.45) is 0 Å². The van der Waals surface area contributed by atoms with E-state index in [4.69, 9.17) is 0 Å². The van der Waals surface area contributed by atoms with Crippen LogP contribution in [0.25, 0.3) is 0 Å². The molecule has 0 saturated carbocycles. The number of anilines is 1. The van der Waals surface area contributed by atoms with Gasteiger partial charge in [0.15, 0.2) is 5.54 Å². The summed E-state index contributed by atoms with van der Waals surface area (Å²) in [6.45, 7) is 7.04. The van der Waals surface area contributed by atoms with Crippen LogP contribution in [0.2, 0.25) is 0 Å². The summed E-state index contributed by atoms with van der Waals surface area (Å²) in [7, 11) is 0. The minimum absolute atomic E-state index is 0.161. The lowest BCUT2D eigenvalue weighted by atomic mass is 10.0. The maximum absolute atomic E-state index is 12.2. The molecule has 122 valence electrons. The highest BCUT2D eigenvalue weighted by Gasteiger charge is 2.30. The van der Waals surface area contributed by atoms with Crippen molar-refractivity contribution >= 4 is 17.6 Å². The van der Waals surface area contributed by atoms with Crippen LogP contribution >= 0.6 is 0 Å². The SMILES string of the molecule is Cc1ccc(C)c(CC(=O)Nc2cnn(C(C)(C)C(=O)O)c2)c1. The molecule has 0 spiro atoms. The second-order valence-electron chi connectivity index (χ2n) is 6.19. The third-order valence-electron chi connectivity index (χ3n) is 3.82. The number of benzene rings is 1. The first-order valence-electron chi connectivity index (χ1n) is 7.34. The fourth-order valence-corrected chi connectivity index (χ4v) is 2.16. The molecule has 1 heterocycles. The van der Waals surface area contributed by atoms with Gasteiger partial charge in [-0.2, -0.15) is 5.10 Å². The number of amides is 1. The minimum Gasteiger partial charge on any atom is -0.479 e. The number of nitrogens with one attached hydrogen (secondary N) is 1. The first kappa shape index (κ1) is 16.7. The van der Waals surface area contributed by atoms with Gasteiger partial charge in [-0.25, -0.2) is 4.79 Å². The van der Waals surface area contributed by atoms with Gasteiger partial charge in [-0.1, -0.05) is 23.8 Å². The van der Waals surface area contributed by atoms with E-state index in [1.165, 1.54) is 17.1 Å². The smallest absolute Gasteiger partial charge is 0.331 e. The fraction of sp³-hybridized carbons (Fsp3) is 0.353. The van der Waals surface area contributed by atoms with Crippen LogP contribution in [0.5, 0.6) is 0 Å². The summed E-state index contributed by atoms with van der Waals surface area (Å²) >= 11 is 0. The Kier molecular flexibility index (Phi) is 4.54. The lowest BCUT2D eigenvalue weighted by Crippen LogP contribution is -2.35. The number of hydrogen-bond acceptors (Lipinski definition) is 3. The third-order valence-corrected chi connectivity index (χ3v) is 3.82. The predicted octanol–water partition coefficient (Wildman–Crippen LogP) is 2.50. The van der Waals surface area contributed by atoms with Crippen LogP contribution in [0.3, 0.4) is 0 Å². The van der Waals surface area contributed by atoms with Crippen molar-refractivity contribution in [1.29, 1.82) is 0 Å². The molecule has 0 aliphatic heterocycles. The Morgan fingerprint density at radius 2 is 2.00 bits per heavy atom. The highest BCUT2D eigenvalue weighted by atomic mass is 16.4. The number of nitrogens with zero attached hydrogens (tertiary/aromatic N) is 2. The van der Waals surface area contributed by atoms with E-state index in [0.29, 0.717) is 5.69 Å². The molecule has 2 rings (SSSR count). The molecule has 6 nitrogen and oxygen atoms in total. The van der Waals surface area contributed by atoms with Gasteiger partial charge in [0.25, 0.3) is 0 Å². The van der Waals surface area contributed by atoms with Crippen LogP contribution in [-0.2, 0) is 21.5 Å². The molecule has 0 radical (unpaired) electrons. The largest absolute Gasteiger partial charge is 0.479 e. The van der Waals surface area contributed by atoms with Crippen molar-refractivity contribution in [3.05, 3.63) is 47.3 Å². The van der Waals surface area contributed by atoms with Crippen LogP contribution in [0.1, 0.15) is 30.5 Å². The first-order chi connectivity index (χ1) is 10.7. The molecular formula is C17H21N3O3. The maximum atomic E-state index is 12.2. The van der Waals surface area contributed by atoms with Gasteiger partial charge < -0.3 is 10.4 Å². The molecule has 0 fully saturated rings. The summed E-state index contributed by atoms with van der Waals surface area (Å²) in [5.41, 5.74) is 2.45. The molecule has 0 atom stereocenters. The lowest BCUT2D eigenvalue weighted by Gasteiger charge is -2.19. The van der Waals surface area contributed by atoms with Crippen LogP contribution in [-0.4, -0.2) is 26.8 Å². The highest BCUT2D eigenvalue weighted by molar-refractivity contribution is 5.92. The second kappa shape index (κ2) is 6.24. The maximum Gasteiger partial charge on any atom is 0.331 e. The fourth-order valence-electron chi connectivity index (χ4n) is 2.16. The molecule has 0 aliphatic rings. The van der Waals surface area contributed by atoms with Gasteiger partial charge in [-0.05, 0) is 38.8 Å². The average Bonchev–Trinajstić information content (AvgIpc) is 2.91. The first-order valence-corrected chi connectivity index (χ1v) is 7.34. The standard InChI is InChI=1S/C17H21N3O3/c1-11-5-6-12(2)13(7-11)8-15(21)19-14-9-18-20(10-14)17(3,4)16(22)23/h5-7,9-10H,8H2,1-4H3,(H,19,21)(H,22,23). The molecule has 0 aliphatic carbocycles. The molecule has 2 aromatic rings. The van der Waals surface area contributed by atoms with Gasteiger partial charge in [-0.15, -0.1) is 0 Å². The Labute approximate surface area is 135 Å². The number of carboxylic acid groups (broad SMARTS) is 1. The van der Waals surface area contributed by atoms with Gasteiger partial charge in [0, 0.05) is 6.20 Å². The minimum atomic E-state index is -1.17. The number of rotatable bonds is 5. The molecule has 1 amide bonds. The molecule has 0 saturated heterocycles. The summed E-state index contributed by atoms with van der Waals surface area (Å²) in [5, 5.41) is 16.0. The van der Waals surface area contributed by atoms with Gasteiger partial charge >= 0.3 is 5.97 Å². The highest BCUT2D eigenvalue weighted by Crippen LogP contribution is 2.18. The summed E-state index contributed by atoms with van der Waals surface area (Å²) in [6, 6.07) is 5.99. The molecular weight excluding hydrogens is 294 g/mol. The molecule has 0 unspecified atom stereocenters. The quantitative estimate of drug-likeness (QED) is 0.888. The van der Waals surface area contributed by atoms with Crippen LogP contribution in [0.15, 0.2) is 30.6 Å². The Morgan fingerprint density at radius 3 is 2.65 bits per heavy atom. The number of carbonyl (C=O) groups excluding carboxylic acids is 1. The van der Waals surface area contributed by atoms with Crippen LogP contribution in [0.4, 0.5) is 5.69 Å². The van der Waals surface area contributed by atoms with Gasteiger partial charge in [0.1, 0.15) is 0 Å². The Morgan fingerprint density at radius 1 is 1.30 bits per heavy atom. The van der Waals surface area contributed by atoms with Crippen LogP contribution in [0, 0.1) is 13.8 Å². The predicted molar refractivity (Wildman–Crippen MR) is 87.4 cm³/mol. The zero-order chi connectivity index (χ0) is 17.2. The average molecular weight is 315 g/mol. The van der Waals surface area contributed by atoms with Crippen molar-refractivity contribution in [2.75, 3.05) is 5.32 Å². The normalized spacial score (nSPS) is 11.3. The van der Waals surface area contributed by atoms with Crippen molar-refractivity contribution in [3.63, 3.8) is 0 Å². The molecule has 2 N–H and O–H groups in total. The number of carbonyl (C=O) groups is 2. The van der Waals surface area contributed by atoms with Gasteiger partial charge in [0.2, 0.25) is 5.91 Å². The molecule has 6 heteroatoms. The number of carboxylic acids is 1. The third kappa shape index (κ3) is 3.77. The number of aliphatic carboxylic acids is 1. The van der Waals surface area contributed by atoms with Crippen molar-refractivity contribution in [3.8, 4) is 0 Å². The summed E-state index contributed by atoms with van der Waals surface area (Å²) in [4.78, 5) is 23.4. The summed E-state index contributed by atoms with van der Waals surface area (Å²) in [6.07, 6.45) is 3.24. The molecule has 0 bridgehead atoms. The monoisotopic (exact) mass is 315 g/mol. The van der Waals surface area contributed by atoms with Gasteiger partial charge in [-0.3, -0.25) is 9.48 Å². The van der Waals surface area contributed by atoms with Crippen molar-refractivity contribution < 1.29 is 14.7 Å². The summed E-state index contributed by atoms with van der Waals surface area (Å²) < 4.78 is 1.32. The zero-order valence-electron chi connectivity index (χ0n) is 13.8. The summed E-state index contributed by atoms with van der Waals surface area (Å²) in [5.74, 6) is -1.15. The molecule has 23 heavy (non-hydrogen) atoms.